The Bertz CT molecular complexity index is 1010. The van der Waals surface area contributed by atoms with Gasteiger partial charge in [-0.3, -0.25) is 4.79 Å². The highest BCUT2D eigenvalue weighted by Gasteiger charge is 2.37. The van der Waals surface area contributed by atoms with Crippen molar-refractivity contribution >= 4 is 11.6 Å². The number of carbonyl (C=O) groups is 1. The number of alkyl halides is 3. The highest BCUT2D eigenvalue weighted by atomic mass is 19.4. The maximum atomic E-state index is 13.4. The third-order valence-corrected chi connectivity index (χ3v) is 4.11. The van der Waals surface area contributed by atoms with Crippen LogP contribution in [0.4, 0.5) is 19.0 Å². The van der Waals surface area contributed by atoms with Gasteiger partial charge in [-0.2, -0.15) is 13.2 Å². The summed E-state index contributed by atoms with van der Waals surface area (Å²) in [6, 6.07) is 13.0. The van der Waals surface area contributed by atoms with Crippen LogP contribution in [0.5, 0.6) is 5.88 Å². The summed E-state index contributed by atoms with van der Waals surface area (Å²) in [5.74, 6) is -1.35. The predicted octanol–water partition coefficient (Wildman–Crippen LogP) is 3.39. The van der Waals surface area contributed by atoms with Gasteiger partial charge in [0, 0.05) is 12.3 Å². The first-order chi connectivity index (χ1) is 13.8. The van der Waals surface area contributed by atoms with E-state index in [4.69, 9.17) is 16.2 Å². The van der Waals surface area contributed by atoms with Crippen molar-refractivity contribution in [2.45, 2.75) is 12.2 Å². The van der Waals surface area contributed by atoms with Crippen molar-refractivity contribution in [2.24, 2.45) is 5.73 Å². The van der Waals surface area contributed by atoms with E-state index in [0.717, 1.165) is 17.7 Å². The lowest BCUT2D eigenvalue weighted by atomic mass is 10.0. The van der Waals surface area contributed by atoms with E-state index in [9.17, 15) is 18.0 Å². The minimum atomic E-state index is -4.78. The number of benzene rings is 1. The maximum absolute atomic E-state index is 13.4. The van der Waals surface area contributed by atoms with Crippen LogP contribution >= 0.6 is 0 Å². The van der Waals surface area contributed by atoms with Crippen LogP contribution in [0.25, 0.3) is 0 Å². The molecule has 0 aliphatic rings. The molecule has 0 fully saturated rings. The predicted molar refractivity (Wildman–Crippen MR) is 100 cm³/mol. The van der Waals surface area contributed by atoms with Crippen LogP contribution in [0, 0.1) is 0 Å². The number of aromatic nitrogens is 2. The Labute approximate surface area is 164 Å². The van der Waals surface area contributed by atoms with Gasteiger partial charge in [0.15, 0.2) is 0 Å². The Balaban J connectivity index is 1.90. The van der Waals surface area contributed by atoms with E-state index in [0.29, 0.717) is 0 Å². The van der Waals surface area contributed by atoms with Crippen LogP contribution in [0.3, 0.4) is 0 Å². The Morgan fingerprint density at radius 2 is 1.79 bits per heavy atom. The minimum Gasteiger partial charge on any atom is -0.476 e. The molecule has 2 heterocycles. The van der Waals surface area contributed by atoms with Crippen LogP contribution in [0.1, 0.15) is 33.2 Å². The van der Waals surface area contributed by atoms with Crippen LogP contribution in [-0.2, 0) is 6.18 Å². The van der Waals surface area contributed by atoms with Crippen LogP contribution in [0.2, 0.25) is 0 Å². The molecule has 0 aliphatic heterocycles. The molecule has 0 spiro atoms. The van der Waals surface area contributed by atoms with Gasteiger partial charge in [0.25, 0.3) is 0 Å². The van der Waals surface area contributed by atoms with E-state index in [1.807, 2.05) is 6.07 Å². The second-order valence-electron chi connectivity index (χ2n) is 6.14. The van der Waals surface area contributed by atoms with Crippen molar-refractivity contribution in [3.05, 3.63) is 83.2 Å². The van der Waals surface area contributed by atoms with Crippen LogP contribution < -0.4 is 16.2 Å². The lowest BCUT2D eigenvalue weighted by Crippen LogP contribution is -2.21. The standard InChI is InChI=1S/C20H17F3N4O2/c21-20(22,23)14-8-9-16(29-11-15(24)12-5-2-1-3-6-12)27-17(14)18(28)13-7-4-10-26-19(13)25/h1-10,15H,11,24H2,(H2,25,26). The normalized spacial score (nSPS) is 12.4. The number of nitrogens with two attached hydrogens (primary N) is 2. The Hall–Kier alpha value is -3.46. The fourth-order valence-corrected chi connectivity index (χ4v) is 2.63. The molecule has 0 bridgehead atoms. The first kappa shape index (κ1) is 20.3. The van der Waals surface area contributed by atoms with E-state index in [1.54, 1.807) is 24.3 Å². The molecule has 1 aromatic carbocycles. The number of anilines is 1. The third kappa shape index (κ3) is 4.69. The number of hydrogen-bond donors (Lipinski definition) is 2. The topological polar surface area (TPSA) is 104 Å². The van der Waals surface area contributed by atoms with Gasteiger partial charge in [-0.15, -0.1) is 0 Å². The van der Waals surface area contributed by atoms with E-state index >= 15 is 0 Å². The summed E-state index contributed by atoms with van der Waals surface area (Å²) in [4.78, 5) is 20.2. The molecule has 0 aliphatic carbocycles. The zero-order valence-electron chi connectivity index (χ0n) is 15.1. The molecule has 2 aromatic heterocycles. The van der Waals surface area contributed by atoms with Gasteiger partial charge in [0.1, 0.15) is 18.1 Å². The number of nitrogen functional groups attached to an aromatic ring is 1. The molecule has 3 aromatic rings. The molecule has 6 nitrogen and oxygen atoms in total. The quantitative estimate of drug-likeness (QED) is 0.613. The summed E-state index contributed by atoms with van der Waals surface area (Å²) >= 11 is 0. The van der Waals surface area contributed by atoms with Crippen LogP contribution in [-0.4, -0.2) is 22.4 Å². The van der Waals surface area contributed by atoms with Crippen molar-refractivity contribution in [3.63, 3.8) is 0 Å². The van der Waals surface area contributed by atoms with E-state index < -0.39 is 29.3 Å². The molecule has 3 rings (SSSR count). The van der Waals surface area contributed by atoms with Crippen molar-refractivity contribution in [2.75, 3.05) is 12.3 Å². The van der Waals surface area contributed by atoms with Gasteiger partial charge in [0.2, 0.25) is 11.7 Å². The molecule has 1 unspecified atom stereocenters. The minimum absolute atomic E-state index is 0.0367. The number of nitrogens with zero attached hydrogens (tertiary/aromatic N) is 2. The van der Waals surface area contributed by atoms with Gasteiger partial charge < -0.3 is 16.2 Å². The lowest BCUT2D eigenvalue weighted by molar-refractivity contribution is -0.138. The number of ketones is 1. The molecule has 150 valence electrons. The van der Waals surface area contributed by atoms with Crippen molar-refractivity contribution in [3.8, 4) is 5.88 Å². The second kappa shape index (κ2) is 8.27. The summed E-state index contributed by atoms with van der Waals surface area (Å²) in [6.07, 6.45) is -3.46. The molecule has 29 heavy (non-hydrogen) atoms. The van der Waals surface area contributed by atoms with Gasteiger partial charge in [0.05, 0.1) is 17.2 Å². The molecular formula is C20H17F3N4O2. The number of hydrogen-bond acceptors (Lipinski definition) is 6. The van der Waals surface area contributed by atoms with Gasteiger partial charge in [-0.05, 0) is 23.8 Å². The molecule has 4 N–H and O–H groups in total. The smallest absolute Gasteiger partial charge is 0.418 e. The lowest BCUT2D eigenvalue weighted by Gasteiger charge is -2.16. The number of ether oxygens (including phenoxy) is 1. The number of pyridine rings is 2. The maximum Gasteiger partial charge on any atom is 0.418 e. The average molecular weight is 402 g/mol. The summed E-state index contributed by atoms with van der Waals surface area (Å²) in [6.45, 7) is -0.0367. The monoisotopic (exact) mass is 402 g/mol. The Morgan fingerprint density at radius 3 is 2.45 bits per heavy atom. The summed E-state index contributed by atoms with van der Waals surface area (Å²) < 4.78 is 45.6. The second-order valence-corrected chi connectivity index (χ2v) is 6.14. The van der Waals surface area contributed by atoms with Crippen LogP contribution in [0.15, 0.2) is 60.8 Å². The van der Waals surface area contributed by atoms with Gasteiger partial charge >= 0.3 is 6.18 Å². The molecule has 9 heteroatoms. The fourth-order valence-electron chi connectivity index (χ4n) is 2.63. The molecule has 0 amide bonds. The zero-order chi connectivity index (χ0) is 21.0. The van der Waals surface area contributed by atoms with Crippen molar-refractivity contribution in [1.82, 2.24) is 9.97 Å². The number of halogens is 3. The zero-order valence-corrected chi connectivity index (χ0v) is 15.1. The first-order valence-electron chi connectivity index (χ1n) is 8.54. The van der Waals surface area contributed by atoms with E-state index in [1.165, 1.54) is 18.3 Å². The SMILES string of the molecule is Nc1ncccc1C(=O)c1nc(OCC(N)c2ccccc2)ccc1C(F)(F)F. The Morgan fingerprint density at radius 1 is 1.07 bits per heavy atom. The summed E-state index contributed by atoms with van der Waals surface area (Å²) in [7, 11) is 0. The molecule has 0 radical (unpaired) electrons. The first-order valence-corrected chi connectivity index (χ1v) is 8.54. The fraction of sp³-hybridized carbons (Fsp3) is 0.150. The highest BCUT2D eigenvalue weighted by Crippen LogP contribution is 2.33. The van der Waals surface area contributed by atoms with Crippen molar-refractivity contribution in [1.29, 1.82) is 0 Å². The van der Waals surface area contributed by atoms with E-state index in [-0.39, 0.29) is 23.9 Å². The largest absolute Gasteiger partial charge is 0.476 e. The number of carbonyl (C=O) groups excluding carboxylic acids is 1. The molecule has 0 saturated heterocycles. The van der Waals surface area contributed by atoms with Gasteiger partial charge in [-0.25, -0.2) is 9.97 Å². The Kier molecular flexibility index (Phi) is 5.79. The highest BCUT2D eigenvalue weighted by molar-refractivity contribution is 6.11. The summed E-state index contributed by atoms with van der Waals surface area (Å²) in [5, 5.41) is 0. The molecule has 1 atom stereocenters. The van der Waals surface area contributed by atoms with Crippen molar-refractivity contribution < 1.29 is 22.7 Å². The summed E-state index contributed by atoms with van der Waals surface area (Å²) in [5.41, 5.74) is 10.3. The van der Waals surface area contributed by atoms with Gasteiger partial charge in [-0.1, -0.05) is 30.3 Å². The molecular weight excluding hydrogens is 385 g/mol. The third-order valence-electron chi connectivity index (χ3n) is 4.11. The molecule has 0 saturated carbocycles. The number of rotatable bonds is 6. The van der Waals surface area contributed by atoms with E-state index in [2.05, 4.69) is 9.97 Å². The average Bonchev–Trinajstić information content (AvgIpc) is 2.71.